The van der Waals surface area contributed by atoms with Crippen molar-refractivity contribution in [1.29, 1.82) is 0 Å². The first kappa shape index (κ1) is 6.78. The molecular weight excluding hydrogens is 156 g/mol. The Morgan fingerprint density at radius 1 is 1.78 bits per heavy atom. The molecule has 0 amide bonds. The molecule has 0 aliphatic carbocycles. The summed E-state index contributed by atoms with van der Waals surface area (Å²) in [6.45, 7) is 0. The third-order valence-corrected chi connectivity index (χ3v) is 2.08. The number of carbonyl (C=O) groups is 1. The van der Waals surface area contributed by atoms with Crippen molar-refractivity contribution in [3.63, 3.8) is 0 Å². The topological polar surface area (TPSA) is 17.1 Å². The van der Waals surface area contributed by atoms with Gasteiger partial charge in [-0.1, -0.05) is 11.6 Å². The zero-order chi connectivity index (χ0) is 6.69. The molecule has 0 aliphatic heterocycles. The monoisotopic (exact) mass is 160 g/mol. The lowest BCUT2D eigenvalue weighted by Crippen LogP contribution is -1.78. The van der Waals surface area contributed by atoms with Gasteiger partial charge in [0.05, 0.1) is 4.34 Å². The number of carbonyl (C=O) groups excluding carboxylic acids is 1. The van der Waals surface area contributed by atoms with Gasteiger partial charge < -0.3 is 4.79 Å². The molecule has 1 rings (SSSR count). The smallest absolute Gasteiger partial charge is 0.124 e. The zero-order valence-corrected chi connectivity index (χ0v) is 6.21. The lowest BCUT2D eigenvalue weighted by molar-refractivity contribution is -0.107. The van der Waals surface area contributed by atoms with Gasteiger partial charge in [0.2, 0.25) is 0 Å². The number of halogens is 1. The quantitative estimate of drug-likeness (QED) is 0.606. The molecule has 0 spiro atoms. The average molecular weight is 161 g/mol. The summed E-state index contributed by atoms with van der Waals surface area (Å²) < 4.78 is 0.742. The molecule has 0 aromatic carbocycles. The van der Waals surface area contributed by atoms with E-state index in [0.29, 0.717) is 6.42 Å². The molecule has 3 heteroatoms. The van der Waals surface area contributed by atoms with Gasteiger partial charge in [0.15, 0.2) is 0 Å². The van der Waals surface area contributed by atoms with E-state index in [1.165, 1.54) is 11.3 Å². The molecule has 0 radical (unpaired) electrons. The van der Waals surface area contributed by atoms with Gasteiger partial charge in [0.1, 0.15) is 6.29 Å². The van der Waals surface area contributed by atoms with E-state index in [2.05, 4.69) is 0 Å². The predicted molar refractivity (Wildman–Crippen MR) is 39.1 cm³/mol. The lowest BCUT2D eigenvalue weighted by Gasteiger charge is -1.79. The van der Waals surface area contributed by atoms with E-state index in [9.17, 15) is 4.79 Å². The van der Waals surface area contributed by atoms with Crippen LogP contribution >= 0.6 is 22.9 Å². The molecule has 0 aliphatic rings. The van der Waals surface area contributed by atoms with Crippen LogP contribution in [0.3, 0.4) is 0 Å². The second-order valence-electron chi connectivity index (χ2n) is 1.63. The van der Waals surface area contributed by atoms with E-state index in [0.717, 1.165) is 16.2 Å². The molecule has 0 bridgehead atoms. The fourth-order valence-electron chi connectivity index (χ4n) is 0.549. The number of hydrogen-bond acceptors (Lipinski definition) is 2. The van der Waals surface area contributed by atoms with Gasteiger partial charge >= 0.3 is 0 Å². The highest BCUT2D eigenvalue weighted by atomic mass is 35.5. The van der Waals surface area contributed by atoms with E-state index in [1.54, 1.807) is 6.07 Å². The van der Waals surface area contributed by atoms with Gasteiger partial charge in [-0.25, -0.2) is 0 Å². The van der Waals surface area contributed by atoms with Gasteiger partial charge in [0.25, 0.3) is 0 Å². The molecule has 9 heavy (non-hydrogen) atoms. The third-order valence-electron chi connectivity index (χ3n) is 0.941. The average Bonchev–Trinajstić information content (AvgIpc) is 2.17. The van der Waals surface area contributed by atoms with Crippen LogP contribution in [0.1, 0.15) is 5.56 Å². The van der Waals surface area contributed by atoms with Crippen molar-refractivity contribution in [3.05, 3.63) is 21.3 Å². The number of hydrogen-bond donors (Lipinski definition) is 0. The van der Waals surface area contributed by atoms with Crippen LogP contribution < -0.4 is 0 Å². The third kappa shape index (κ3) is 1.80. The highest BCUT2D eigenvalue weighted by Gasteiger charge is 1.93. The largest absolute Gasteiger partial charge is 0.303 e. The van der Waals surface area contributed by atoms with Crippen molar-refractivity contribution >= 4 is 29.2 Å². The second kappa shape index (κ2) is 2.99. The van der Waals surface area contributed by atoms with Crippen molar-refractivity contribution in [2.45, 2.75) is 6.42 Å². The van der Waals surface area contributed by atoms with E-state index < -0.39 is 0 Å². The molecule has 0 unspecified atom stereocenters. The van der Waals surface area contributed by atoms with Crippen LogP contribution in [0.25, 0.3) is 0 Å². The van der Waals surface area contributed by atoms with E-state index in [4.69, 9.17) is 11.6 Å². The van der Waals surface area contributed by atoms with Crippen molar-refractivity contribution in [1.82, 2.24) is 0 Å². The maximum Gasteiger partial charge on any atom is 0.124 e. The van der Waals surface area contributed by atoms with Crippen LogP contribution in [0.4, 0.5) is 0 Å². The summed E-state index contributed by atoms with van der Waals surface area (Å²) in [5, 5.41) is 1.89. The highest BCUT2D eigenvalue weighted by molar-refractivity contribution is 7.14. The maximum atomic E-state index is 9.95. The minimum absolute atomic E-state index is 0.475. The predicted octanol–water partition coefficient (Wildman–Crippen LogP) is 2.14. The molecule has 1 aromatic rings. The van der Waals surface area contributed by atoms with Crippen LogP contribution in [0.15, 0.2) is 11.4 Å². The van der Waals surface area contributed by atoms with Gasteiger partial charge in [-0.3, -0.25) is 0 Å². The van der Waals surface area contributed by atoms with Crippen LogP contribution in [0, 0.1) is 0 Å². The Morgan fingerprint density at radius 2 is 2.56 bits per heavy atom. The molecule has 1 heterocycles. The van der Waals surface area contributed by atoms with E-state index in [1.807, 2.05) is 5.38 Å². The number of thiophene rings is 1. The molecule has 1 nitrogen and oxygen atoms in total. The van der Waals surface area contributed by atoms with Crippen molar-refractivity contribution in [3.8, 4) is 0 Å². The highest BCUT2D eigenvalue weighted by Crippen LogP contribution is 2.19. The second-order valence-corrected chi connectivity index (χ2v) is 3.17. The van der Waals surface area contributed by atoms with Crippen molar-refractivity contribution in [2.24, 2.45) is 0 Å². The molecular formula is C6H5ClOS. The van der Waals surface area contributed by atoms with E-state index in [-0.39, 0.29) is 0 Å². The number of aldehydes is 1. The summed E-state index contributed by atoms with van der Waals surface area (Å²) in [5.41, 5.74) is 1.00. The molecule has 1 aromatic heterocycles. The van der Waals surface area contributed by atoms with Crippen LogP contribution in [0.5, 0.6) is 0 Å². The zero-order valence-electron chi connectivity index (χ0n) is 4.63. The fraction of sp³-hybridized carbons (Fsp3) is 0.167. The molecule has 48 valence electrons. The first-order valence-electron chi connectivity index (χ1n) is 2.49. The van der Waals surface area contributed by atoms with E-state index >= 15 is 0 Å². The number of rotatable bonds is 2. The van der Waals surface area contributed by atoms with Crippen molar-refractivity contribution in [2.75, 3.05) is 0 Å². The first-order chi connectivity index (χ1) is 4.33. The lowest BCUT2D eigenvalue weighted by atomic mass is 10.3. The molecule has 0 atom stereocenters. The van der Waals surface area contributed by atoms with Gasteiger partial charge in [0, 0.05) is 6.42 Å². The first-order valence-corrected chi connectivity index (χ1v) is 3.75. The Hall–Kier alpha value is -0.340. The summed E-state index contributed by atoms with van der Waals surface area (Å²) >= 11 is 7.05. The van der Waals surface area contributed by atoms with Crippen LogP contribution in [-0.2, 0) is 11.2 Å². The standard InChI is InChI=1S/C6H5ClOS/c7-6-3-5(1-2-8)4-9-6/h2-4H,1H2. The summed E-state index contributed by atoms with van der Waals surface area (Å²) in [5.74, 6) is 0. The summed E-state index contributed by atoms with van der Waals surface area (Å²) in [4.78, 5) is 9.95. The molecule has 0 N–H and O–H groups in total. The Kier molecular flexibility index (Phi) is 2.25. The van der Waals surface area contributed by atoms with Gasteiger partial charge in [-0.05, 0) is 17.0 Å². The summed E-state index contributed by atoms with van der Waals surface area (Å²) in [7, 11) is 0. The van der Waals surface area contributed by atoms with Gasteiger partial charge in [-0.2, -0.15) is 0 Å². The summed E-state index contributed by atoms with van der Waals surface area (Å²) in [6.07, 6.45) is 1.35. The van der Waals surface area contributed by atoms with Gasteiger partial charge in [-0.15, -0.1) is 11.3 Å². The molecule has 0 fully saturated rings. The molecule has 0 saturated heterocycles. The molecule has 0 saturated carbocycles. The Morgan fingerprint density at radius 3 is 3.00 bits per heavy atom. The minimum Gasteiger partial charge on any atom is -0.303 e. The Bertz CT molecular complexity index is 207. The maximum absolute atomic E-state index is 9.95. The summed E-state index contributed by atoms with van der Waals surface area (Å²) in [6, 6.07) is 1.81. The van der Waals surface area contributed by atoms with Crippen molar-refractivity contribution < 1.29 is 4.79 Å². The van der Waals surface area contributed by atoms with Crippen LogP contribution in [0.2, 0.25) is 4.34 Å². The fourth-order valence-corrected chi connectivity index (χ4v) is 1.47. The minimum atomic E-state index is 0.475. The van der Waals surface area contributed by atoms with Crippen LogP contribution in [-0.4, -0.2) is 6.29 Å². The normalized spacial score (nSPS) is 9.44. The Labute approximate surface area is 62.3 Å². The Balaban J connectivity index is 2.72. The SMILES string of the molecule is O=CCc1csc(Cl)c1.